The molecule has 0 atom stereocenters. The highest BCUT2D eigenvalue weighted by Gasteiger charge is 2.18. The first kappa shape index (κ1) is 21.4. The first-order chi connectivity index (χ1) is 13.6. The molecule has 8 nitrogen and oxygen atoms in total. The molecule has 0 aliphatic carbocycles. The van der Waals surface area contributed by atoms with Gasteiger partial charge in [0.05, 0.1) is 16.8 Å². The standard InChI is InChI=1S/C17H16Cl2N4O4S2/c1-2-23-11-17(10-20-23)29(26,27)21-14-3-5-16(6-4-14)28(24,25)22-15-8-12(18)7-13(19)9-15/h3-11,21-22H,2H2,1H3. The third-order valence-corrected chi connectivity index (χ3v) is 6.94. The molecule has 1 aromatic heterocycles. The molecule has 0 unspecified atom stereocenters. The number of nitrogens with one attached hydrogen (secondary N) is 2. The molecule has 3 aromatic rings. The first-order valence-corrected chi connectivity index (χ1v) is 12.0. The SMILES string of the molecule is CCn1cc(S(=O)(=O)Nc2ccc(S(=O)(=O)Nc3cc(Cl)cc(Cl)c3)cc2)cn1. The van der Waals surface area contributed by atoms with Crippen molar-refractivity contribution in [1.29, 1.82) is 0 Å². The summed E-state index contributed by atoms with van der Waals surface area (Å²) in [6.07, 6.45) is 2.64. The number of hydrogen-bond donors (Lipinski definition) is 2. The lowest BCUT2D eigenvalue weighted by Gasteiger charge is -2.10. The summed E-state index contributed by atoms with van der Waals surface area (Å²) in [5.41, 5.74) is 0.416. The molecule has 0 amide bonds. The molecule has 0 bridgehead atoms. The summed E-state index contributed by atoms with van der Waals surface area (Å²) in [5.74, 6) is 0. The van der Waals surface area contributed by atoms with E-state index in [1.807, 2.05) is 6.92 Å². The van der Waals surface area contributed by atoms with Gasteiger partial charge in [0, 0.05) is 28.5 Å². The van der Waals surface area contributed by atoms with Crippen molar-refractivity contribution in [3.05, 3.63) is 64.9 Å². The zero-order chi connectivity index (χ0) is 21.2. The fourth-order valence-electron chi connectivity index (χ4n) is 2.40. The second kappa shape index (κ2) is 8.23. The monoisotopic (exact) mass is 474 g/mol. The molecule has 1 heterocycles. The van der Waals surface area contributed by atoms with Crippen molar-refractivity contribution < 1.29 is 16.8 Å². The normalized spacial score (nSPS) is 12.0. The molecule has 0 saturated carbocycles. The van der Waals surface area contributed by atoms with Gasteiger partial charge in [-0.15, -0.1) is 0 Å². The summed E-state index contributed by atoms with van der Waals surface area (Å²) in [6.45, 7) is 2.37. The van der Waals surface area contributed by atoms with Crippen molar-refractivity contribution in [3.63, 3.8) is 0 Å². The molecule has 0 aliphatic rings. The summed E-state index contributed by atoms with van der Waals surface area (Å²) in [7, 11) is -7.75. The maximum Gasteiger partial charge on any atom is 0.265 e. The number of halogens is 2. The second-order valence-electron chi connectivity index (χ2n) is 5.93. The second-order valence-corrected chi connectivity index (χ2v) is 10.2. The molecule has 0 spiro atoms. The molecule has 12 heteroatoms. The zero-order valence-corrected chi connectivity index (χ0v) is 18.1. The van der Waals surface area contributed by atoms with Crippen molar-refractivity contribution in [1.82, 2.24) is 9.78 Å². The van der Waals surface area contributed by atoms with Crippen LogP contribution in [0.4, 0.5) is 11.4 Å². The molecule has 2 aromatic carbocycles. The van der Waals surface area contributed by atoms with Crippen LogP contribution in [0.1, 0.15) is 6.92 Å². The van der Waals surface area contributed by atoms with Crippen molar-refractivity contribution in [2.24, 2.45) is 0 Å². The Morgan fingerprint density at radius 1 is 0.862 bits per heavy atom. The maximum atomic E-state index is 12.5. The Bertz CT molecular complexity index is 1220. The molecule has 0 saturated heterocycles. The molecule has 2 N–H and O–H groups in total. The molecule has 0 radical (unpaired) electrons. The zero-order valence-electron chi connectivity index (χ0n) is 15.0. The minimum atomic E-state index is -3.92. The molecule has 154 valence electrons. The van der Waals surface area contributed by atoms with E-state index < -0.39 is 20.0 Å². The number of sulfonamides is 2. The van der Waals surface area contributed by atoms with Gasteiger partial charge in [-0.05, 0) is 49.4 Å². The predicted octanol–water partition coefficient (Wildman–Crippen LogP) is 3.81. The van der Waals surface area contributed by atoms with Gasteiger partial charge in [0.15, 0.2) is 0 Å². The minimum Gasteiger partial charge on any atom is -0.280 e. The van der Waals surface area contributed by atoms with Crippen LogP contribution >= 0.6 is 23.2 Å². The Morgan fingerprint density at radius 2 is 1.41 bits per heavy atom. The van der Waals surface area contributed by atoms with Crippen molar-refractivity contribution in [2.45, 2.75) is 23.3 Å². The Kier molecular flexibility index (Phi) is 6.08. The van der Waals surface area contributed by atoms with Gasteiger partial charge in [-0.1, -0.05) is 23.2 Å². The molecule has 0 fully saturated rings. The van der Waals surface area contributed by atoms with E-state index in [1.54, 1.807) is 0 Å². The number of hydrogen-bond acceptors (Lipinski definition) is 5. The van der Waals surface area contributed by atoms with E-state index >= 15 is 0 Å². The van der Waals surface area contributed by atoms with Crippen LogP contribution in [0, 0.1) is 0 Å². The number of rotatable bonds is 7. The van der Waals surface area contributed by atoms with Crippen LogP contribution in [0.2, 0.25) is 10.0 Å². The molecule has 0 aliphatic heterocycles. The van der Waals surface area contributed by atoms with Gasteiger partial charge in [-0.2, -0.15) is 5.10 Å². The highest BCUT2D eigenvalue weighted by atomic mass is 35.5. The number of aryl methyl sites for hydroxylation is 1. The first-order valence-electron chi connectivity index (χ1n) is 8.23. The van der Waals surface area contributed by atoms with Gasteiger partial charge in [-0.3, -0.25) is 14.1 Å². The number of nitrogens with zero attached hydrogens (tertiary/aromatic N) is 2. The predicted molar refractivity (Wildman–Crippen MR) is 112 cm³/mol. The summed E-state index contributed by atoms with van der Waals surface area (Å²) < 4.78 is 56.1. The summed E-state index contributed by atoms with van der Waals surface area (Å²) in [4.78, 5) is -0.0501. The van der Waals surface area contributed by atoms with Crippen LogP contribution in [0.15, 0.2) is 64.6 Å². The average Bonchev–Trinajstić information content (AvgIpc) is 3.11. The van der Waals surface area contributed by atoms with Gasteiger partial charge in [0.25, 0.3) is 20.0 Å². The van der Waals surface area contributed by atoms with Crippen LogP contribution in [-0.4, -0.2) is 26.6 Å². The van der Waals surface area contributed by atoms with Gasteiger partial charge >= 0.3 is 0 Å². The fourth-order valence-corrected chi connectivity index (χ4v) is 4.98. The van der Waals surface area contributed by atoms with Crippen LogP contribution < -0.4 is 9.44 Å². The highest BCUT2D eigenvalue weighted by molar-refractivity contribution is 7.93. The quantitative estimate of drug-likeness (QED) is 0.540. The van der Waals surface area contributed by atoms with Crippen LogP contribution in [0.25, 0.3) is 0 Å². The van der Waals surface area contributed by atoms with Gasteiger partial charge in [0.1, 0.15) is 4.90 Å². The van der Waals surface area contributed by atoms with Crippen molar-refractivity contribution in [3.8, 4) is 0 Å². The van der Waals surface area contributed by atoms with E-state index in [1.165, 1.54) is 59.5 Å². The van der Waals surface area contributed by atoms with Crippen LogP contribution in [0.5, 0.6) is 0 Å². The lowest BCUT2D eigenvalue weighted by molar-refractivity contribution is 0.599. The third kappa shape index (κ3) is 5.21. The lowest BCUT2D eigenvalue weighted by atomic mass is 10.3. The minimum absolute atomic E-state index is 0.00977. The smallest absolute Gasteiger partial charge is 0.265 e. The maximum absolute atomic E-state index is 12.5. The van der Waals surface area contributed by atoms with Crippen LogP contribution in [0.3, 0.4) is 0 Å². The average molecular weight is 475 g/mol. The van der Waals surface area contributed by atoms with Crippen LogP contribution in [-0.2, 0) is 26.6 Å². The summed E-state index contributed by atoms with van der Waals surface area (Å²) >= 11 is 11.8. The summed E-state index contributed by atoms with van der Waals surface area (Å²) in [5, 5.41) is 4.50. The Balaban J connectivity index is 1.78. The lowest BCUT2D eigenvalue weighted by Crippen LogP contribution is -2.14. The molecular formula is C17H16Cl2N4O4S2. The highest BCUT2D eigenvalue weighted by Crippen LogP contribution is 2.25. The Labute approximate surface area is 178 Å². The fraction of sp³-hybridized carbons (Fsp3) is 0.118. The van der Waals surface area contributed by atoms with Gasteiger partial charge in [0.2, 0.25) is 0 Å². The van der Waals surface area contributed by atoms with E-state index in [0.29, 0.717) is 6.54 Å². The number of aromatic nitrogens is 2. The number of benzene rings is 2. The van der Waals surface area contributed by atoms with E-state index in [2.05, 4.69) is 14.5 Å². The molecular weight excluding hydrogens is 459 g/mol. The largest absolute Gasteiger partial charge is 0.280 e. The van der Waals surface area contributed by atoms with E-state index in [9.17, 15) is 16.8 Å². The molecule has 3 rings (SSSR count). The topological polar surface area (TPSA) is 110 Å². The van der Waals surface area contributed by atoms with E-state index in [4.69, 9.17) is 23.2 Å². The van der Waals surface area contributed by atoms with E-state index in [-0.39, 0.29) is 31.2 Å². The third-order valence-electron chi connectivity index (χ3n) is 3.78. The van der Waals surface area contributed by atoms with Crippen molar-refractivity contribution in [2.75, 3.05) is 9.44 Å². The number of anilines is 2. The van der Waals surface area contributed by atoms with E-state index in [0.717, 1.165) is 0 Å². The molecule has 29 heavy (non-hydrogen) atoms. The Morgan fingerprint density at radius 3 is 1.97 bits per heavy atom. The van der Waals surface area contributed by atoms with Gasteiger partial charge in [-0.25, -0.2) is 16.8 Å². The van der Waals surface area contributed by atoms with Gasteiger partial charge < -0.3 is 0 Å². The van der Waals surface area contributed by atoms with Crippen molar-refractivity contribution >= 4 is 54.6 Å². The summed E-state index contributed by atoms with van der Waals surface area (Å²) in [6, 6.07) is 9.58. The Hall–Kier alpha value is -2.27.